The van der Waals surface area contributed by atoms with Gasteiger partial charge in [0.25, 0.3) is 15.9 Å². The number of hydrogen-bond acceptors (Lipinski definition) is 7. The first-order valence-electron chi connectivity index (χ1n) is 14.4. The number of anilines is 2. The van der Waals surface area contributed by atoms with Crippen LogP contribution in [0.4, 0.5) is 11.6 Å². The summed E-state index contributed by atoms with van der Waals surface area (Å²) in [6.07, 6.45) is 0. The number of Topliss-reactive ketones (excluding diaryl/α,β-unsaturated/α-hetero) is 1. The zero-order valence-electron chi connectivity index (χ0n) is 28.0. The molecule has 0 spiro atoms. The lowest BCUT2D eigenvalue weighted by Gasteiger charge is -2.14. The van der Waals surface area contributed by atoms with Crippen molar-refractivity contribution in [3.8, 4) is 0 Å². The van der Waals surface area contributed by atoms with E-state index in [2.05, 4.69) is 5.16 Å². The molecule has 2 heterocycles. The average molecular weight is 461 g/mol. The minimum Gasteiger partial charge on any atom is -0.337 e. The maximum Gasteiger partial charge on any atom is 0.267 e. The normalized spacial score (nSPS) is 19.4. The van der Waals surface area contributed by atoms with Crippen LogP contribution in [0.25, 0.3) is 0 Å². The number of aryl methyl sites for hydroxylation is 2. The van der Waals surface area contributed by atoms with E-state index in [4.69, 9.17) is 22.3 Å². The molecule has 0 saturated carbocycles. The third-order valence-corrected chi connectivity index (χ3v) is 6.24. The number of thiophene rings is 1. The van der Waals surface area contributed by atoms with Crippen LogP contribution in [-0.2, 0) is 10.0 Å². The van der Waals surface area contributed by atoms with Crippen molar-refractivity contribution in [3.05, 3.63) is 56.4 Å². The smallest absolute Gasteiger partial charge is 0.267 e. The van der Waals surface area contributed by atoms with E-state index in [1.807, 2.05) is 10.0 Å². The number of nitrogens with zero attached hydrogens (tertiary/aromatic N) is 1. The molecule has 3 aromatic rings. The molecule has 0 fully saturated rings. The Hall–Kier alpha value is -2.98. The number of benzene rings is 1. The number of aromatic nitrogens is 1. The third-order valence-electron chi connectivity index (χ3n) is 3.83. The summed E-state index contributed by atoms with van der Waals surface area (Å²) < 4.78 is 133. The SMILES string of the molecule is [2H]c1c(C([2H])([2H])[2H])cc(C(=O)C([2H])([2H])[2H])c(NC(=O)c2sccc2S(=O)(=O)Nc2onc(C([2H])([2H])[2H])c2C)c1C([2H])([2H])[2H]. The van der Waals surface area contributed by atoms with Gasteiger partial charge in [-0.1, -0.05) is 11.2 Å². The summed E-state index contributed by atoms with van der Waals surface area (Å²) >= 11 is 0.532. The first-order valence-corrected chi connectivity index (χ1v) is 10.3. The average Bonchev–Trinajstić information content (AvgIpc) is 3.44. The van der Waals surface area contributed by atoms with Gasteiger partial charge in [0, 0.05) is 27.6 Å². The molecule has 30 heavy (non-hydrogen) atoms. The van der Waals surface area contributed by atoms with E-state index in [0.29, 0.717) is 17.4 Å². The van der Waals surface area contributed by atoms with E-state index < -0.39 is 98.9 Å². The number of hydrogen-bond donors (Lipinski definition) is 2. The molecule has 10 heteroatoms. The third kappa shape index (κ3) is 4.14. The van der Waals surface area contributed by atoms with Gasteiger partial charge in [0.05, 0.1) is 12.8 Å². The molecule has 0 aliphatic heterocycles. The van der Waals surface area contributed by atoms with Gasteiger partial charge in [0.2, 0.25) is 5.88 Å². The fourth-order valence-corrected chi connectivity index (χ4v) is 4.72. The lowest BCUT2D eigenvalue weighted by Crippen LogP contribution is -2.20. The summed E-state index contributed by atoms with van der Waals surface area (Å²) in [5.41, 5.74) is -4.87. The Kier molecular flexibility index (Phi) is 2.78. The van der Waals surface area contributed by atoms with Gasteiger partial charge in [-0.05, 0) is 63.0 Å². The van der Waals surface area contributed by atoms with Crippen molar-refractivity contribution in [1.82, 2.24) is 5.16 Å². The van der Waals surface area contributed by atoms with Crippen LogP contribution in [0.3, 0.4) is 0 Å². The minimum atomic E-state index is -4.71. The van der Waals surface area contributed by atoms with Crippen molar-refractivity contribution in [2.45, 2.75) is 39.2 Å². The molecule has 0 aliphatic carbocycles. The summed E-state index contributed by atoms with van der Waals surface area (Å²) in [6.45, 7) is -11.5. The molecule has 3 rings (SSSR count). The number of sulfonamides is 1. The van der Waals surface area contributed by atoms with Gasteiger partial charge in [0.15, 0.2) is 5.78 Å². The standard InChI is InChI=1S/C20H21N3O5S2/c1-10-8-11(2)17(15(9-10)14(5)24)21-19(25)18-16(6-7-29-18)30(26,27)23-20-12(3)13(4)22-28-20/h6-9,23H,1-5H3,(H,21,25)/i1D3,2D3,4D3,5D3,8D. The van der Waals surface area contributed by atoms with E-state index in [9.17, 15) is 18.0 Å². The van der Waals surface area contributed by atoms with Gasteiger partial charge in [-0.25, -0.2) is 13.1 Å². The molecule has 0 saturated heterocycles. The van der Waals surface area contributed by atoms with E-state index in [1.54, 1.807) is 0 Å². The van der Waals surface area contributed by atoms with Crippen LogP contribution in [-0.4, -0.2) is 25.3 Å². The van der Waals surface area contributed by atoms with E-state index in [0.717, 1.165) is 11.4 Å². The van der Waals surface area contributed by atoms with Crippen molar-refractivity contribution in [1.29, 1.82) is 0 Å². The summed E-state index contributed by atoms with van der Waals surface area (Å²) in [6, 6.07) is 0.326. The molecule has 2 aromatic heterocycles. The van der Waals surface area contributed by atoms with Gasteiger partial charge in [-0.15, -0.1) is 11.3 Å². The molecule has 1 amide bonds. The number of rotatable bonds is 6. The monoisotopic (exact) mass is 460 g/mol. The van der Waals surface area contributed by atoms with Crippen LogP contribution in [0.5, 0.6) is 0 Å². The van der Waals surface area contributed by atoms with E-state index in [-0.39, 0.29) is 5.56 Å². The number of ketones is 1. The summed E-state index contributed by atoms with van der Waals surface area (Å²) in [4.78, 5) is 24.9. The predicted molar refractivity (Wildman–Crippen MR) is 115 cm³/mol. The first kappa shape index (κ1) is 10.4. The zero-order chi connectivity index (χ0) is 33.1. The number of carbonyl (C=O) groups is 2. The fourth-order valence-electron chi connectivity index (χ4n) is 2.35. The van der Waals surface area contributed by atoms with Gasteiger partial charge in [0.1, 0.15) is 9.77 Å². The van der Waals surface area contributed by atoms with Crippen molar-refractivity contribution >= 4 is 44.6 Å². The largest absolute Gasteiger partial charge is 0.337 e. The minimum absolute atomic E-state index is 0.169. The Morgan fingerprint density at radius 2 is 2.13 bits per heavy atom. The lowest BCUT2D eigenvalue weighted by atomic mass is 10.0. The second-order valence-corrected chi connectivity index (χ2v) is 8.40. The molecule has 8 nitrogen and oxygen atoms in total. The van der Waals surface area contributed by atoms with Crippen LogP contribution in [0.2, 0.25) is 0 Å². The molecule has 0 atom stereocenters. The molecule has 0 unspecified atom stereocenters. The Morgan fingerprint density at radius 1 is 1.30 bits per heavy atom. The maximum absolute atomic E-state index is 13.4. The summed E-state index contributed by atoms with van der Waals surface area (Å²) in [5, 5.41) is 6.50. The van der Waals surface area contributed by atoms with Crippen LogP contribution in [0, 0.1) is 27.5 Å². The zero-order valence-corrected chi connectivity index (χ0v) is 16.7. The van der Waals surface area contributed by atoms with E-state index >= 15 is 0 Å². The summed E-state index contributed by atoms with van der Waals surface area (Å²) in [5.74, 6) is -3.68. The molecular weight excluding hydrogens is 426 g/mol. The van der Waals surface area contributed by atoms with Crippen LogP contribution in [0.15, 0.2) is 33.0 Å². The number of nitrogens with one attached hydrogen (secondary N) is 2. The number of carbonyl (C=O) groups excluding carboxylic acids is 2. The van der Waals surface area contributed by atoms with Crippen molar-refractivity contribution in [2.75, 3.05) is 10.0 Å². The molecule has 1 aromatic carbocycles. The highest BCUT2D eigenvalue weighted by atomic mass is 32.2. The summed E-state index contributed by atoms with van der Waals surface area (Å²) in [7, 11) is -4.71. The van der Waals surface area contributed by atoms with Crippen molar-refractivity contribution < 1.29 is 40.3 Å². The predicted octanol–water partition coefficient (Wildman–Crippen LogP) is 4.23. The molecule has 0 radical (unpaired) electrons. The molecule has 158 valence electrons. The Balaban J connectivity index is 2.17. The highest BCUT2D eigenvalue weighted by Crippen LogP contribution is 2.29. The molecule has 0 bridgehead atoms. The Labute approximate surface area is 196 Å². The molecule has 0 aliphatic rings. The Morgan fingerprint density at radius 3 is 2.80 bits per heavy atom. The first-order chi connectivity index (χ1) is 19.3. The highest BCUT2D eigenvalue weighted by molar-refractivity contribution is 7.93. The Bertz CT molecular complexity index is 1700. The molecule has 2 N–H and O–H groups in total. The number of amides is 1. The van der Waals surface area contributed by atoms with Gasteiger partial charge < -0.3 is 9.84 Å². The van der Waals surface area contributed by atoms with Crippen molar-refractivity contribution in [3.63, 3.8) is 0 Å². The van der Waals surface area contributed by atoms with Crippen molar-refractivity contribution in [2.24, 2.45) is 0 Å². The maximum atomic E-state index is 13.4. The lowest BCUT2D eigenvalue weighted by molar-refractivity contribution is 0.101. The second-order valence-electron chi connectivity index (χ2n) is 5.83. The quantitative estimate of drug-likeness (QED) is 0.532. The van der Waals surface area contributed by atoms with Crippen LogP contribution in [0.1, 0.15) is 67.1 Å². The molecular formula is C20H21N3O5S2. The fraction of sp³-hybridized carbons (Fsp3) is 0.250. The van der Waals surface area contributed by atoms with Gasteiger partial charge >= 0.3 is 0 Å². The topological polar surface area (TPSA) is 118 Å². The van der Waals surface area contributed by atoms with Gasteiger partial charge in [-0.2, -0.15) is 0 Å². The second kappa shape index (κ2) is 8.04. The van der Waals surface area contributed by atoms with Crippen LogP contribution >= 0.6 is 11.3 Å². The van der Waals surface area contributed by atoms with Gasteiger partial charge in [-0.3, -0.25) is 9.59 Å². The highest BCUT2D eigenvalue weighted by Gasteiger charge is 2.27. The van der Waals surface area contributed by atoms with Crippen LogP contribution < -0.4 is 10.0 Å². The van der Waals surface area contributed by atoms with E-state index in [1.165, 1.54) is 6.92 Å².